The fraction of sp³-hybridized carbons (Fsp3) is 0.667. The number of benzene rings is 1. The minimum atomic E-state index is -0.477. The van der Waals surface area contributed by atoms with Gasteiger partial charge in [0.05, 0.1) is 6.61 Å². The zero-order valence-corrected chi connectivity index (χ0v) is 20.8. The van der Waals surface area contributed by atoms with Gasteiger partial charge in [-0.25, -0.2) is 4.79 Å². The summed E-state index contributed by atoms with van der Waals surface area (Å²) in [5, 5.41) is 0. The summed E-state index contributed by atoms with van der Waals surface area (Å²) in [6, 6.07) is 7.50. The van der Waals surface area contributed by atoms with Gasteiger partial charge in [-0.2, -0.15) is 17.9 Å². The van der Waals surface area contributed by atoms with Crippen LogP contribution in [-0.2, 0) is 4.74 Å². The molecule has 1 aromatic carbocycles. The van der Waals surface area contributed by atoms with Crippen molar-refractivity contribution in [2.24, 2.45) is 11.8 Å². The number of hydrogen-bond donors (Lipinski definition) is 1. The van der Waals surface area contributed by atoms with Crippen LogP contribution >= 0.6 is 25.7 Å². The fourth-order valence-corrected chi connectivity index (χ4v) is 3.81. The molecular weight excluding hydrogens is 422 g/mol. The lowest BCUT2D eigenvalue weighted by Crippen LogP contribution is -2.45. The van der Waals surface area contributed by atoms with Gasteiger partial charge in [-0.05, 0) is 71.9 Å². The summed E-state index contributed by atoms with van der Waals surface area (Å²) in [6.07, 6.45) is 2.68. The van der Waals surface area contributed by atoms with Crippen LogP contribution in [-0.4, -0.2) is 46.7 Å². The van der Waals surface area contributed by atoms with Gasteiger partial charge in [-0.3, -0.25) is 5.84 Å². The Bertz CT molecular complexity index is 680. The molecule has 172 valence electrons. The Kier molecular flexibility index (Phi) is 10.1. The van der Waals surface area contributed by atoms with Crippen molar-refractivity contribution in [3.05, 3.63) is 24.3 Å². The highest BCUT2D eigenvalue weighted by Crippen LogP contribution is 2.36. The van der Waals surface area contributed by atoms with Crippen molar-refractivity contribution in [3.63, 3.8) is 0 Å². The second-order valence-corrected chi connectivity index (χ2v) is 10.0. The number of carbonyl (C=O) groups excluding carboxylic acids is 1. The molecule has 0 aliphatic carbocycles. The van der Waals surface area contributed by atoms with Crippen molar-refractivity contribution in [2.75, 3.05) is 20.2 Å². The SMILES string of the molecule is CN(N)SOc1cccc(OCCCC2CN(C(=O)OC(C)(C)C)C(C)(C)C2)c1.S. The molecule has 0 bridgehead atoms. The van der Waals surface area contributed by atoms with Crippen molar-refractivity contribution < 1.29 is 18.5 Å². The maximum atomic E-state index is 12.5. The topological polar surface area (TPSA) is 77.3 Å². The van der Waals surface area contributed by atoms with E-state index in [0.717, 1.165) is 43.8 Å². The Hall–Kier alpha value is -1.29. The monoisotopic (exact) mass is 459 g/mol. The van der Waals surface area contributed by atoms with Crippen LogP contribution in [0.2, 0.25) is 0 Å². The molecule has 2 rings (SSSR count). The molecule has 1 heterocycles. The van der Waals surface area contributed by atoms with Crippen LogP contribution in [0.15, 0.2) is 24.3 Å². The molecule has 1 aliphatic rings. The standard InChI is InChI=1S/C21H35N3O4S.H2S/c1-20(2,3)27-19(25)24-15-16(14-21(24,4)5)9-8-12-26-17-10-7-11-18(13-17)28-29-23(6)22;/h7,10-11,13,16H,8-9,12,14-15,22H2,1-6H3;1H2. The summed E-state index contributed by atoms with van der Waals surface area (Å²) in [6.45, 7) is 11.3. The van der Waals surface area contributed by atoms with Crippen molar-refractivity contribution >= 4 is 31.8 Å². The molecule has 1 aromatic rings. The van der Waals surface area contributed by atoms with Crippen LogP contribution in [0.25, 0.3) is 0 Å². The van der Waals surface area contributed by atoms with E-state index < -0.39 is 5.60 Å². The second-order valence-electron chi connectivity index (χ2n) is 9.14. The molecule has 7 nitrogen and oxygen atoms in total. The minimum absolute atomic E-state index is 0. The number of rotatable bonds is 8. The second kappa shape index (κ2) is 11.4. The molecule has 1 aliphatic heterocycles. The van der Waals surface area contributed by atoms with E-state index in [2.05, 4.69) is 13.8 Å². The maximum absolute atomic E-state index is 12.5. The molecule has 1 saturated heterocycles. The first-order chi connectivity index (χ1) is 13.5. The van der Waals surface area contributed by atoms with Crippen molar-refractivity contribution in [1.82, 2.24) is 9.31 Å². The molecule has 0 spiro atoms. The van der Waals surface area contributed by atoms with E-state index in [1.54, 1.807) is 7.05 Å². The minimum Gasteiger partial charge on any atom is -0.493 e. The number of amides is 1. The molecule has 0 radical (unpaired) electrons. The van der Waals surface area contributed by atoms with E-state index in [1.807, 2.05) is 49.9 Å². The van der Waals surface area contributed by atoms with Crippen LogP contribution in [0.5, 0.6) is 11.5 Å². The lowest BCUT2D eigenvalue weighted by atomic mass is 9.93. The molecule has 1 fully saturated rings. The van der Waals surface area contributed by atoms with Crippen molar-refractivity contribution in [1.29, 1.82) is 0 Å². The smallest absolute Gasteiger partial charge is 0.410 e. The molecule has 1 amide bonds. The Morgan fingerprint density at radius 2 is 2.00 bits per heavy atom. The molecule has 30 heavy (non-hydrogen) atoms. The van der Waals surface area contributed by atoms with Gasteiger partial charge in [0, 0.05) is 25.2 Å². The first-order valence-electron chi connectivity index (χ1n) is 10.0. The number of carbonyl (C=O) groups is 1. The Morgan fingerprint density at radius 1 is 1.33 bits per heavy atom. The number of likely N-dealkylation sites (tertiary alicyclic amines) is 1. The van der Waals surface area contributed by atoms with Gasteiger partial charge in [0.2, 0.25) is 0 Å². The molecule has 2 N–H and O–H groups in total. The molecular formula is C21H37N3O4S2. The van der Waals surface area contributed by atoms with Gasteiger partial charge in [0.1, 0.15) is 17.1 Å². The third kappa shape index (κ3) is 8.83. The van der Waals surface area contributed by atoms with Gasteiger partial charge in [0.15, 0.2) is 12.2 Å². The third-order valence-electron chi connectivity index (χ3n) is 4.66. The van der Waals surface area contributed by atoms with Gasteiger partial charge in [-0.1, -0.05) is 6.07 Å². The number of hydrogen-bond acceptors (Lipinski definition) is 7. The molecule has 1 atom stereocenters. The van der Waals surface area contributed by atoms with Crippen molar-refractivity contribution in [2.45, 2.75) is 65.0 Å². The lowest BCUT2D eigenvalue weighted by molar-refractivity contribution is 0.0131. The summed E-state index contributed by atoms with van der Waals surface area (Å²) in [5.41, 5.74) is -0.664. The van der Waals surface area contributed by atoms with Gasteiger partial charge >= 0.3 is 6.09 Å². The zero-order valence-electron chi connectivity index (χ0n) is 18.9. The Morgan fingerprint density at radius 3 is 2.63 bits per heavy atom. The van der Waals surface area contributed by atoms with Crippen LogP contribution in [0.4, 0.5) is 4.79 Å². The normalized spacial score (nSPS) is 18.1. The van der Waals surface area contributed by atoms with Crippen molar-refractivity contribution in [3.8, 4) is 11.5 Å². The average molecular weight is 460 g/mol. The van der Waals surface area contributed by atoms with E-state index >= 15 is 0 Å². The Labute approximate surface area is 192 Å². The number of ether oxygens (including phenoxy) is 2. The summed E-state index contributed by atoms with van der Waals surface area (Å²) in [5.74, 6) is 7.43. The first kappa shape index (κ1) is 26.7. The number of nitrogens with zero attached hydrogens (tertiary/aromatic N) is 2. The van der Waals surface area contributed by atoms with E-state index in [9.17, 15) is 4.79 Å². The highest BCUT2D eigenvalue weighted by Gasteiger charge is 2.42. The van der Waals surface area contributed by atoms with Crippen LogP contribution in [0.3, 0.4) is 0 Å². The average Bonchev–Trinajstić information content (AvgIpc) is 2.90. The molecule has 1 unspecified atom stereocenters. The molecule has 0 saturated carbocycles. The zero-order chi connectivity index (χ0) is 21.7. The van der Waals surface area contributed by atoms with E-state index in [1.165, 1.54) is 4.41 Å². The van der Waals surface area contributed by atoms with Crippen LogP contribution in [0.1, 0.15) is 53.9 Å². The van der Waals surface area contributed by atoms with E-state index in [4.69, 9.17) is 19.5 Å². The van der Waals surface area contributed by atoms with Gasteiger partial charge in [0.25, 0.3) is 0 Å². The van der Waals surface area contributed by atoms with Gasteiger partial charge in [-0.15, -0.1) is 0 Å². The molecule has 0 aromatic heterocycles. The predicted octanol–water partition coefficient (Wildman–Crippen LogP) is 4.74. The van der Waals surface area contributed by atoms with E-state index in [0.29, 0.717) is 18.3 Å². The fourth-order valence-electron chi connectivity index (χ4n) is 3.50. The van der Waals surface area contributed by atoms with E-state index in [-0.39, 0.29) is 25.1 Å². The Balaban J connectivity index is 0.00000450. The predicted molar refractivity (Wildman–Crippen MR) is 127 cm³/mol. The number of nitrogens with two attached hydrogens (primary N) is 1. The summed E-state index contributed by atoms with van der Waals surface area (Å²) < 4.78 is 18.3. The highest BCUT2D eigenvalue weighted by molar-refractivity contribution is 7.92. The third-order valence-corrected chi connectivity index (χ3v) is 5.16. The summed E-state index contributed by atoms with van der Waals surface area (Å²) in [7, 11) is 1.71. The summed E-state index contributed by atoms with van der Waals surface area (Å²) in [4.78, 5) is 14.4. The van der Waals surface area contributed by atoms with Crippen LogP contribution < -0.4 is 14.8 Å². The first-order valence-corrected chi connectivity index (χ1v) is 10.7. The van der Waals surface area contributed by atoms with Crippen LogP contribution in [0, 0.1) is 5.92 Å². The lowest BCUT2D eigenvalue weighted by Gasteiger charge is -2.33. The quantitative estimate of drug-likeness (QED) is 0.198. The highest BCUT2D eigenvalue weighted by atomic mass is 32.2. The van der Waals surface area contributed by atoms with Gasteiger partial charge < -0.3 is 18.6 Å². The number of hydrazine groups is 1. The summed E-state index contributed by atoms with van der Waals surface area (Å²) >= 11 is 1.06. The molecule has 9 heteroatoms. The maximum Gasteiger partial charge on any atom is 0.410 e. The largest absolute Gasteiger partial charge is 0.493 e.